The van der Waals surface area contributed by atoms with E-state index in [0.717, 1.165) is 31.5 Å². The number of methoxy groups -OCH3 is 1. The van der Waals surface area contributed by atoms with Crippen LogP contribution in [0.3, 0.4) is 0 Å². The van der Waals surface area contributed by atoms with Crippen molar-refractivity contribution in [1.29, 1.82) is 0 Å². The molecule has 146 valence electrons. The second-order valence-electron chi connectivity index (χ2n) is 6.87. The Morgan fingerprint density at radius 1 is 1.33 bits per heavy atom. The molecular formula is C20H26FN3O2S. The highest BCUT2D eigenvalue weighted by atomic mass is 32.1. The van der Waals surface area contributed by atoms with E-state index >= 15 is 0 Å². The molecule has 1 aromatic heterocycles. The smallest absolute Gasteiger partial charge is 0.315 e. The van der Waals surface area contributed by atoms with Crippen LogP contribution < -0.4 is 15.4 Å². The zero-order valence-electron chi connectivity index (χ0n) is 15.8. The fourth-order valence-corrected chi connectivity index (χ4v) is 4.13. The Hall–Kier alpha value is -2.12. The molecule has 2 aromatic rings. The van der Waals surface area contributed by atoms with Gasteiger partial charge in [0.25, 0.3) is 0 Å². The number of nitrogens with one attached hydrogen (secondary N) is 2. The van der Waals surface area contributed by atoms with Gasteiger partial charge in [-0.25, -0.2) is 9.18 Å². The number of nitrogens with zero attached hydrogens (tertiary/aromatic N) is 1. The van der Waals surface area contributed by atoms with Gasteiger partial charge in [-0.05, 0) is 54.5 Å². The molecule has 2 amide bonds. The summed E-state index contributed by atoms with van der Waals surface area (Å²) in [5.74, 6) is -0.0605. The SMILES string of the molecule is COc1ccc(CN2CCC(NC(=O)NCc3sccc3C)CC2)cc1F. The number of carbonyl (C=O) groups is 1. The lowest BCUT2D eigenvalue weighted by Gasteiger charge is -2.32. The second kappa shape index (κ2) is 9.19. The molecule has 7 heteroatoms. The Kier molecular flexibility index (Phi) is 6.68. The molecule has 2 heterocycles. The van der Waals surface area contributed by atoms with E-state index in [9.17, 15) is 9.18 Å². The third kappa shape index (κ3) is 5.43. The number of amides is 2. The van der Waals surface area contributed by atoms with Crippen molar-refractivity contribution >= 4 is 17.4 Å². The molecule has 27 heavy (non-hydrogen) atoms. The molecule has 1 saturated heterocycles. The molecule has 0 radical (unpaired) electrons. The molecule has 5 nitrogen and oxygen atoms in total. The van der Waals surface area contributed by atoms with Gasteiger partial charge >= 0.3 is 6.03 Å². The van der Waals surface area contributed by atoms with Crippen LogP contribution in [0.2, 0.25) is 0 Å². The standard InChI is InChI=1S/C20H26FN3O2S/c1-14-7-10-27-19(14)12-22-20(25)23-16-5-8-24(9-6-16)13-15-3-4-18(26-2)17(21)11-15/h3-4,7,10-11,16H,5-6,8-9,12-13H2,1-2H3,(H2,22,23,25). The highest BCUT2D eigenvalue weighted by molar-refractivity contribution is 7.10. The average molecular weight is 392 g/mol. The first-order valence-electron chi connectivity index (χ1n) is 9.17. The molecule has 0 atom stereocenters. The van der Waals surface area contributed by atoms with Gasteiger partial charge in [-0.15, -0.1) is 11.3 Å². The molecule has 1 aliphatic rings. The Balaban J connectivity index is 1.40. The topological polar surface area (TPSA) is 53.6 Å². The number of thiophene rings is 1. The summed E-state index contributed by atoms with van der Waals surface area (Å²) in [6, 6.07) is 7.22. The minimum atomic E-state index is -0.329. The van der Waals surface area contributed by atoms with Crippen molar-refractivity contribution in [2.24, 2.45) is 0 Å². The molecule has 1 aromatic carbocycles. The van der Waals surface area contributed by atoms with Gasteiger partial charge in [-0.1, -0.05) is 6.07 Å². The van der Waals surface area contributed by atoms with E-state index in [-0.39, 0.29) is 23.6 Å². The number of aryl methyl sites for hydroxylation is 1. The Morgan fingerprint density at radius 3 is 2.74 bits per heavy atom. The van der Waals surface area contributed by atoms with Gasteiger partial charge in [0.1, 0.15) is 0 Å². The second-order valence-corrected chi connectivity index (χ2v) is 7.87. The largest absolute Gasteiger partial charge is 0.494 e. The van der Waals surface area contributed by atoms with Crippen LogP contribution in [-0.4, -0.2) is 37.2 Å². The number of hydrogen-bond donors (Lipinski definition) is 2. The molecule has 2 N–H and O–H groups in total. The fourth-order valence-electron chi connectivity index (χ4n) is 3.28. The minimum absolute atomic E-state index is 0.113. The number of likely N-dealkylation sites (tertiary alicyclic amines) is 1. The van der Waals surface area contributed by atoms with E-state index in [0.29, 0.717) is 13.1 Å². The van der Waals surface area contributed by atoms with Crippen LogP contribution in [0.25, 0.3) is 0 Å². The fraction of sp³-hybridized carbons (Fsp3) is 0.450. The van der Waals surface area contributed by atoms with Crippen LogP contribution in [0.15, 0.2) is 29.6 Å². The van der Waals surface area contributed by atoms with E-state index in [1.807, 2.05) is 11.4 Å². The van der Waals surface area contributed by atoms with E-state index in [4.69, 9.17) is 4.74 Å². The van der Waals surface area contributed by atoms with Crippen LogP contribution in [0.4, 0.5) is 9.18 Å². The van der Waals surface area contributed by atoms with Crippen LogP contribution >= 0.6 is 11.3 Å². The van der Waals surface area contributed by atoms with Crippen molar-refractivity contribution in [3.05, 3.63) is 51.5 Å². The third-order valence-corrected chi connectivity index (χ3v) is 5.95. The predicted octanol–water partition coefficient (Wildman–Crippen LogP) is 3.67. The van der Waals surface area contributed by atoms with Crippen LogP contribution in [0.5, 0.6) is 5.75 Å². The molecule has 0 aliphatic carbocycles. The van der Waals surface area contributed by atoms with E-state index in [1.54, 1.807) is 17.4 Å². The number of halogens is 1. The van der Waals surface area contributed by atoms with Gasteiger partial charge in [-0.3, -0.25) is 4.90 Å². The lowest BCUT2D eigenvalue weighted by molar-refractivity contribution is 0.186. The summed E-state index contributed by atoms with van der Waals surface area (Å²) in [6.45, 7) is 5.08. The first-order chi connectivity index (χ1) is 13.0. The van der Waals surface area contributed by atoms with Crippen molar-refractivity contribution < 1.29 is 13.9 Å². The van der Waals surface area contributed by atoms with Crippen molar-refractivity contribution in [2.45, 2.75) is 38.9 Å². The predicted molar refractivity (Wildman–Crippen MR) is 106 cm³/mol. The monoisotopic (exact) mass is 391 g/mol. The Bertz CT molecular complexity index is 772. The summed E-state index contributed by atoms with van der Waals surface area (Å²) < 4.78 is 18.8. The van der Waals surface area contributed by atoms with Crippen LogP contribution in [0.1, 0.15) is 28.8 Å². The maximum Gasteiger partial charge on any atom is 0.315 e. The van der Waals surface area contributed by atoms with Gasteiger partial charge in [0, 0.05) is 30.6 Å². The van der Waals surface area contributed by atoms with E-state index < -0.39 is 0 Å². The lowest BCUT2D eigenvalue weighted by Crippen LogP contribution is -2.47. The zero-order valence-corrected chi connectivity index (χ0v) is 16.6. The number of carbonyl (C=O) groups excluding carboxylic acids is 1. The summed E-state index contributed by atoms with van der Waals surface area (Å²) in [5, 5.41) is 8.03. The number of benzene rings is 1. The highest BCUT2D eigenvalue weighted by Crippen LogP contribution is 2.20. The number of hydrogen-bond acceptors (Lipinski definition) is 4. The van der Waals surface area contributed by atoms with Crippen molar-refractivity contribution in [1.82, 2.24) is 15.5 Å². The molecule has 3 rings (SSSR count). The number of ether oxygens (including phenoxy) is 1. The van der Waals surface area contributed by atoms with Crippen molar-refractivity contribution in [3.8, 4) is 5.75 Å². The number of urea groups is 1. The number of rotatable bonds is 6. The van der Waals surface area contributed by atoms with Crippen LogP contribution in [0, 0.1) is 12.7 Å². The van der Waals surface area contributed by atoms with Crippen LogP contribution in [-0.2, 0) is 13.1 Å². The Labute approximate surface area is 163 Å². The first kappa shape index (κ1) is 19.6. The number of piperidine rings is 1. The van der Waals surface area contributed by atoms with Gasteiger partial charge in [0.15, 0.2) is 11.6 Å². The summed E-state index contributed by atoms with van der Waals surface area (Å²) in [7, 11) is 1.47. The van der Waals surface area contributed by atoms with Gasteiger partial charge in [0.05, 0.1) is 13.7 Å². The summed E-state index contributed by atoms with van der Waals surface area (Å²) in [5.41, 5.74) is 2.15. The highest BCUT2D eigenvalue weighted by Gasteiger charge is 2.21. The molecule has 0 saturated carbocycles. The molecule has 1 aliphatic heterocycles. The normalized spacial score (nSPS) is 15.5. The first-order valence-corrected chi connectivity index (χ1v) is 10.0. The minimum Gasteiger partial charge on any atom is -0.494 e. The lowest BCUT2D eigenvalue weighted by atomic mass is 10.0. The van der Waals surface area contributed by atoms with E-state index in [2.05, 4.69) is 28.5 Å². The summed E-state index contributed by atoms with van der Waals surface area (Å²) >= 11 is 1.66. The van der Waals surface area contributed by atoms with Crippen molar-refractivity contribution in [3.63, 3.8) is 0 Å². The molecule has 0 spiro atoms. The average Bonchev–Trinajstić information content (AvgIpc) is 3.07. The van der Waals surface area contributed by atoms with Gasteiger partial charge in [0.2, 0.25) is 0 Å². The molecule has 0 unspecified atom stereocenters. The van der Waals surface area contributed by atoms with Gasteiger partial charge < -0.3 is 15.4 Å². The maximum atomic E-state index is 13.8. The Morgan fingerprint density at radius 2 is 2.11 bits per heavy atom. The summed E-state index contributed by atoms with van der Waals surface area (Å²) in [6.07, 6.45) is 1.79. The summed E-state index contributed by atoms with van der Waals surface area (Å²) in [4.78, 5) is 15.6. The quantitative estimate of drug-likeness (QED) is 0.790. The molecule has 0 bridgehead atoms. The zero-order chi connectivity index (χ0) is 19.2. The maximum absolute atomic E-state index is 13.8. The van der Waals surface area contributed by atoms with Gasteiger partial charge in [-0.2, -0.15) is 0 Å². The van der Waals surface area contributed by atoms with E-state index in [1.165, 1.54) is 23.6 Å². The third-order valence-electron chi connectivity index (χ3n) is 4.92. The molecular weight excluding hydrogens is 365 g/mol. The van der Waals surface area contributed by atoms with Crippen molar-refractivity contribution in [2.75, 3.05) is 20.2 Å². The molecule has 1 fully saturated rings.